The molecular formula is C14H18ClNO3. The minimum Gasteiger partial charge on any atom is -0.506 e. The molecule has 1 aromatic rings. The third kappa shape index (κ3) is 4.11. The van der Waals surface area contributed by atoms with Gasteiger partial charge in [-0.2, -0.15) is 0 Å². The van der Waals surface area contributed by atoms with Crippen LogP contribution in [0.2, 0.25) is 5.02 Å². The highest BCUT2D eigenvalue weighted by Gasteiger charge is 2.22. The summed E-state index contributed by atoms with van der Waals surface area (Å²) in [5.74, 6) is -0.140. The summed E-state index contributed by atoms with van der Waals surface area (Å²) in [4.78, 5) is 12.8. The van der Waals surface area contributed by atoms with Gasteiger partial charge in [0, 0.05) is 19.5 Å². The molecule has 0 aliphatic carbocycles. The summed E-state index contributed by atoms with van der Waals surface area (Å²) < 4.78 is 0. The first kappa shape index (κ1) is 14.2. The standard InChI is InChI=1S/C14H18ClNO3/c15-12-7-11(1-3-13(12)17)9-16-6-5-10(8-16)2-4-14(18)19/h1,3,7,10,17H,2,4-6,8-9H2,(H,18,19). The van der Waals surface area contributed by atoms with E-state index in [1.807, 2.05) is 6.07 Å². The number of aliphatic carboxylic acids is 1. The molecule has 1 heterocycles. The SMILES string of the molecule is O=C(O)CCC1CCN(Cc2ccc(O)c(Cl)c2)C1. The van der Waals surface area contributed by atoms with Crippen LogP contribution < -0.4 is 0 Å². The fraction of sp³-hybridized carbons (Fsp3) is 0.500. The quantitative estimate of drug-likeness (QED) is 0.872. The largest absolute Gasteiger partial charge is 0.506 e. The van der Waals surface area contributed by atoms with Gasteiger partial charge in [0.2, 0.25) is 0 Å². The van der Waals surface area contributed by atoms with Crippen LogP contribution in [-0.4, -0.2) is 34.2 Å². The van der Waals surface area contributed by atoms with Crippen LogP contribution in [0, 0.1) is 5.92 Å². The van der Waals surface area contributed by atoms with Crippen LogP contribution in [0.4, 0.5) is 0 Å². The van der Waals surface area contributed by atoms with E-state index in [-0.39, 0.29) is 12.2 Å². The first-order valence-electron chi connectivity index (χ1n) is 6.46. The maximum atomic E-state index is 10.5. The molecule has 1 aromatic carbocycles. The zero-order chi connectivity index (χ0) is 13.8. The molecular weight excluding hydrogens is 266 g/mol. The van der Waals surface area contributed by atoms with Crippen LogP contribution >= 0.6 is 11.6 Å². The number of carboxylic acid groups (broad SMARTS) is 1. The summed E-state index contributed by atoms with van der Waals surface area (Å²) in [5, 5.41) is 18.4. The van der Waals surface area contributed by atoms with E-state index in [0.717, 1.165) is 38.0 Å². The van der Waals surface area contributed by atoms with Gasteiger partial charge in [0.1, 0.15) is 5.75 Å². The Bertz CT molecular complexity index is 464. The second-order valence-corrected chi connectivity index (χ2v) is 5.52. The monoisotopic (exact) mass is 283 g/mol. The number of likely N-dealkylation sites (tertiary alicyclic amines) is 1. The Hall–Kier alpha value is -1.26. The molecule has 0 radical (unpaired) electrons. The molecule has 5 heteroatoms. The fourth-order valence-corrected chi connectivity index (χ4v) is 2.73. The smallest absolute Gasteiger partial charge is 0.303 e. The number of carbonyl (C=O) groups is 1. The van der Waals surface area contributed by atoms with E-state index in [0.29, 0.717) is 10.9 Å². The summed E-state index contributed by atoms with van der Waals surface area (Å²) in [6, 6.07) is 5.25. The van der Waals surface area contributed by atoms with Gasteiger partial charge in [-0.1, -0.05) is 17.7 Å². The van der Waals surface area contributed by atoms with Crippen molar-refractivity contribution in [3.63, 3.8) is 0 Å². The van der Waals surface area contributed by atoms with E-state index >= 15 is 0 Å². The second kappa shape index (κ2) is 6.26. The van der Waals surface area contributed by atoms with E-state index in [1.54, 1.807) is 12.1 Å². The molecule has 1 fully saturated rings. The van der Waals surface area contributed by atoms with Gasteiger partial charge in [-0.05, 0) is 43.0 Å². The molecule has 0 spiro atoms. The molecule has 0 bridgehead atoms. The number of benzene rings is 1. The van der Waals surface area contributed by atoms with Gasteiger partial charge in [0.05, 0.1) is 5.02 Å². The maximum absolute atomic E-state index is 10.5. The van der Waals surface area contributed by atoms with E-state index in [4.69, 9.17) is 16.7 Å². The summed E-state index contributed by atoms with van der Waals surface area (Å²) in [6.07, 6.45) is 2.06. The van der Waals surface area contributed by atoms with Gasteiger partial charge in [-0.25, -0.2) is 0 Å². The average Bonchev–Trinajstić information content (AvgIpc) is 2.79. The van der Waals surface area contributed by atoms with Crippen molar-refractivity contribution in [2.45, 2.75) is 25.8 Å². The fourth-order valence-electron chi connectivity index (χ4n) is 2.53. The number of carboxylic acids is 1. The maximum Gasteiger partial charge on any atom is 0.303 e. The first-order valence-corrected chi connectivity index (χ1v) is 6.84. The summed E-state index contributed by atoms with van der Waals surface area (Å²) >= 11 is 5.88. The first-order chi connectivity index (χ1) is 9.04. The van der Waals surface area contributed by atoms with Gasteiger partial charge in [0.25, 0.3) is 0 Å². The van der Waals surface area contributed by atoms with E-state index in [9.17, 15) is 9.90 Å². The second-order valence-electron chi connectivity index (χ2n) is 5.11. The molecule has 19 heavy (non-hydrogen) atoms. The lowest BCUT2D eigenvalue weighted by molar-refractivity contribution is -0.137. The number of hydrogen-bond donors (Lipinski definition) is 2. The molecule has 1 atom stereocenters. The molecule has 1 saturated heterocycles. The number of halogens is 1. The van der Waals surface area contributed by atoms with Gasteiger partial charge >= 0.3 is 5.97 Å². The van der Waals surface area contributed by atoms with Gasteiger partial charge in [-0.3, -0.25) is 9.69 Å². The van der Waals surface area contributed by atoms with Crippen LogP contribution in [0.5, 0.6) is 5.75 Å². The van der Waals surface area contributed by atoms with Gasteiger partial charge in [-0.15, -0.1) is 0 Å². The number of phenols is 1. The Labute approximate surface area is 117 Å². The summed E-state index contributed by atoms with van der Waals surface area (Å²) in [5.41, 5.74) is 1.07. The predicted molar refractivity (Wildman–Crippen MR) is 73.4 cm³/mol. The Morgan fingerprint density at radius 1 is 1.47 bits per heavy atom. The third-order valence-electron chi connectivity index (χ3n) is 3.55. The molecule has 0 amide bonds. The number of phenolic OH excluding ortho intramolecular Hbond substituents is 1. The normalized spacial score (nSPS) is 19.7. The zero-order valence-corrected chi connectivity index (χ0v) is 11.4. The average molecular weight is 284 g/mol. The molecule has 104 valence electrons. The summed E-state index contributed by atoms with van der Waals surface area (Å²) in [6.45, 7) is 2.72. The zero-order valence-electron chi connectivity index (χ0n) is 10.7. The highest BCUT2D eigenvalue weighted by Crippen LogP contribution is 2.26. The van der Waals surface area contributed by atoms with Crippen molar-refractivity contribution in [3.05, 3.63) is 28.8 Å². The van der Waals surface area contributed by atoms with Crippen molar-refractivity contribution < 1.29 is 15.0 Å². The number of nitrogens with zero attached hydrogens (tertiary/aromatic N) is 1. The Morgan fingerprint density at radius 3 is 2.95 bits per heavy atom. The van der Waals surface area contributed by atoms with E-state index < -0.39 is 5.97 Å². The molecule has 0 saturated carbocycles. The lowest BCUT2D eigenvalue weighted by Gasteiger charge is -2.16. The summed E-state index contributed by atoms with van der Waals surface area (Å²) in [7, 11) is 0. The van der Waals surface area contributed by atoms with Gasteiger partial charge < -0.3 is 10.2 Å². The third-order valence-corrected chi connectivity index (χ3v) is 3.86. The van der Waals surface area contributed by atoms with Crippen LogP contribution in [0.1, 0.15) is 24.8 Å². The van der Waals surface area contributed by atoms with E-state index in [1.165, 1.54) is 0 Å². The topological polar surface area (TPSA) is 60.8 Å². The van der Waals surface area contributed by atoms with Crippen molar-refractivity contribution in [2.75, 3.05) is 13.1 Å². The minimum atomic E-state index is -0.719. The van der Waals surface area contributed by atoms with Crippen molar-refractivity contribution in [2.24, 2.45) is 5.92 Å². The number of rotatable bonds is 5. The Morgan fingerprint density at radius 2 is 2.26 bits per heavy atom. The van der Waals surface area contributed by atoms with Crippen LogP contribution in [0.15, 0.2) is 18.2 Å². The van der Waals surface area contributed by atoms with Crippen molar-refractivity contribution in [1.29, 1.82) is 0 Å². The van der Waals surface area contributed by atoms with Crippen LogP contribution in [-0.2, 0) is 11.3 Å². The minimum absolute atomic E-state index is 0.103. The molecule has 1 unspecified atom stereocenters. The van der Waals surface area contributed by atoms with Crippen LogP contribution in [0.25, 0.3) is 0 Å². The van der Waals surface area contributed by atoms with Crippen LogP contribution in [0.3, 0.4) is 0 Å². The highest BCUT2D eigenvalue weighted by atomic mass is 35.5. The van der Waals surface area contributed by atoms with Crippen molar-refractivity contribution in [1.82, 2.24) is 4.90 Å². The molecule has 2 rings (SSSR count). The lowest BCUT2D eigenvalue weighted by Crippen LogP contribution is -2.20. The Balaban J connectivity index is 1.84. The van der Waals surface area contributed by atoms with Crippen molar-refractivity contribution >= 4 is 17.6 Å². The molecule has 4 nitrogen and oxygen atoms in total. The number of hydrogen-bond acceptors (Lipinski definition) is 3. The molecule has 2 N–H and O–H groups in total. The van der Waals surface area contributed by atoms with Crippen molar-refractivity contribution in [3.8, 4) is 5.75 Å². The number of aromatic hydroxyl groups is 1. The van der Waals surface area contributed by atoms with Gasteiger partial charge in [0.15, 0.2) is 0 Å². The molecule has 1 aliphatic heterocycles. The highest BCUT2D eigenvalue weighted by molar-refractivity contribution is 6.32. The lowest BCUT2D eigenvalue weighted by atomic mass is 10.0. The molecule has 0 aromatic heterocycles. The van der Waals surface area contributed by atoms with E-state index in [2.05, 4.69) is 4.90 Å². The Kier molecular flexibility index (Phi) is 4.66. The molecule has 1 aliphatic rings. The predicted octanol–water partition coefficient (Wildman–Crippen LogP) is 2.73.